The Morgan fingerprint density at radius 1 is 1.26 bits per heavy atom. The smallest absolute Gasteiger partial charge is 0.179 e. The first kappa shape index (κ1) is 16.1. The van der Waals surface area contributed by atoms with Crippen LogP contribution in [-0.2, 0) is 11.3 Å². The molecular weight excluding hydrogens is 266 g/mol. The summed E-state index contributed by atoms with van der Waals surface area (Å²) < 4.78 is 16.3. The molecule has 0 aliphatic rings. The van der Waals surface area contributed by atoms with Crippen molar-refractivity contribution in [3.8, 4) is 11.5 Å². The molecule has 108 valence electrons. The minimum absolute atomic E-state index is 0.225. The Morgan fingerprint density at radius 3 is 2.47 bits per heavy atom. The third-order valence-electron chi connectivity index (χ3n) is 3.03. The summed E-state index contributed by atoms with van der Waals surface area (Å²) in [5.41, 5.74) is 6.28. The molecule has 4 nitrogen and oxygen atoms in total. The van der Waals surface area contributed by atoms with Gasteiger partial charge in [-0.3, -0.25) is 0 Å². The van der Waals surface area contributed by atoms with E-state index in [0.717, 1.165) is 12.0 Å². The van der Waals surface area contributed by atoms with E-state index < -0.39 is 0 Å². The summed E-state index contributed by atoms with van der Waals surface area (Å²) in [6.45, 7) is 4.92. The highest BCUT2D eigenvalue weighted by molar-refractivity contribution is 6.32. The van der Waals surface area contributed by atoms with Crippen LogP contribution in [0.5, 0.6) is 11.5 Å². The van der Waals surface area contributed by atoms with Crippen LogP contribution >= 0.6 is 11.6 Å². The number of hydrogen-bond donors (Lipinski definition) is 1. The molecule has 0 aliphatic heterocycles. The lowest BCUT2D eigenvalue weighted by Crippen LogP contribution is -2.25. The maximum Gasteiger partial charge on any atom is 0.179 e. The second-order valence-electron chi connectivity index (χ2n) is 4.88. The molecule has 0 saturated heterocycles. The van der Waals surface area contributed by atoms with Gasteiger partial charge in [0.25, 0.3) is 0 Å². The fourth-order valence-corrected chi connectivity index (χ4v) is 1.82. The molecule has 0 unspecified atom stereocenters. The number of hydrogen-bond acceptors (Lipinski definition) is 4. The van der Waals surface area contributed by atoms with Gasteiger partial charge in [0.15, 0.2) is 11.5 Å². The van der Waals surface area contributed by atoms with Crippen LogP contribution in [-0.4, -0.2) is 26.4 Å². The molecule has 5 heteroatoms. The summed E-state index contributed by atoms with van der Waals surface area (Å²) in [4.78, 5) is 0. The highest BCUT2D eigenvalue weighted by Crippen LogP contribution is 2.36. The van der Waals surface area contributed by atoms with Gasteiger partial charge in [-0.2, -0.15) is 0 Å². The lowest BCUT2D eigenvalue weighted by Gasteiger charge is -2.23. The number of benzene rings is 1. The summed E-state index contributed by atoms with van der Waals surface area (Å²) in [6, 6.07) is 3.63. The Labute approximate surface area is 119 Å². The number of ether oxygens (including phenoxy) is 3. The van der Waals surface area contributed by atoms with Gasteiger partial charge >= 0.3 is 0 Å². The number of methoxy groups -OCH3 is 2. The van der Waals surface area contributed by atoms with E-state index in [0.29, 0.717) is 29.7 Å². The molecular formula is C14H22ClNO3. The van der Waals surface area contributed by atoms with Crippen molar-refractivity contribution in [3.63, 3.8) is 0 Å². The summed E-state index contributed by atoms with van der Waals surface area (Å²) >= 11 is 6.18. The predicted octanol–water partition coefficient (Wildman–Crippen LogP) is 3.00. The van der Waals surface area contributed by atoms with Crippen LogP contribution in [0.25, 0.3) is 0 Å². The summed E-state index contributed by atoms with van der Waals surface area (Å²) in [5, 5.41) is 0.509. The molecule has 0 fully saturated rings. The topological polar surface area (TPSA) is 53.7 Å². The first-order valence-corrected chi connectivity index (χ1v) is 6.55. The minimum Gasteiger partial charge on any atom is -0.493 e. The van der Waals surface area contributed by atoms with Crippen molar-refractivity contribution in [1.29, 1.82) is 0 Å². The number of halogens is 1. The first-order valence-electron chi connectivity index (χ1n) is 6.18. The summed E-state index contributed by atoms with van der Waals surface area (Å²) in [7, 11) is 3.27. The Bertz CT molecular complexity index is 421. The second-order valence-corrected chi connectivity index (χ2v) is 5.28. The molecule has 0 atom stereocenters. The highest BCUT2D eigenvalue weighted by Gasteiger charge is 2.18. The molecule has 0 aromatic heterocycles. The average Bonchev–Trinajstić information content (AvgIpc) is 2.39. The van der Waals surface area contributed by atoms with Crippen molar-refractivity contribution in [2.45, 2.75) is 32.4 Å². The first-order chi connectivity index (χ1) is 8.93. The third kappa shape index (κ3) is 4.56. The number of nitrogens with two attached hydrogens (primary N) is 1. The molecule has 0 saturated carbocycles. The number of rotatable bonds is 7. The van der Waals surface area contributed by atoms with Crippen molar-refractivity contribution in [1.82, 2.24) is 0 Å². The summed E-state index contributed by atoms with van der Waals surface area (Å²) in [5.74, 6) is 1.15. The molecule has 0 radical (unpaired) electrons. The zero-order valence-corrected chi connectivity index (χ0v) is 12.7. The third-order valence-corrected chi connectivity index (χ3v) is 3.31. The van der Waals surface area contributed by atoms with Gasteiger partial charge in [-0.05, 0) is 31.5 Å². The van der Waals surface area contributed by atoms with E-state index in [4.69, 9.17) is 31.5 Å². The normalized spacial score (nSPS) is 11.5. The van der Waals surface area contributed by atoms with Gasteiger partial charge in [0.2, 0.25) is 0 Å². The quantitative estimate of drug-likeness (QED) is 0.837. The van der Waals surface area contributed by atoms with Gasteiger partial charge < -0.3 is 19.9 Å². The molecule has 19 heavy (non-hydrogen) atoms. The van der Waals surface area contributed by atoms with Gasteiger partial charge in [-0.1, -0.05) is 11.6 Å². The van der Waals surface area contributed by atoms with Crippen LogP contribution in [0, 0.1) is 0 Å². The molecule has 1 aromatic carbocycles. The highest BCUT2D eigenvalue weighted by atomic mass is 35.5. The monoisotopic (exact) mass is 287 g/mol. The van der Waals surface area contributed by atoms with Crippen LogP contribution in [0.1, 0.15) is 25.8 Å². The van der Waals surface area contributed by atoms with Crippen LogP contribution in [0.3, 0.4) is 0 Å². The Kier molecular flexibility index (Phi) is 5.91. The fraction of sp³-hybridized carbons (Fsp3) is 0.571. The van der Waals surface area contributed by atoms with Crippen LogP contribution in [0.2, 0.25) is 5.02 Å². The molecule has 0 amide bonds. The van der Waals surface area contributed by atoms with Gasteiger partial charge in [0.1, 0.15) is 0 Å². The van der Waals surface area contributed by atoms with Crippen molar-refractivity contribution >= 4 is 11.6 Å². The Hall–Kier alpha value is -0.970. The van der Waals surface area contributed by atoms with Crippen LogP contribution in [0.15, 0.2) is 12.1 Å². The largest absolute Gasteiger partial charge is 0.493 e. The van der Waals surface area contributed by atoms with Crippen molar-refractivity contribution in [3.05, 3.63) is 22.7 Å². The average molecular weight is 288 g/mol. The molecule has 0 aliphatic carbocycles. The maximum atomic E-state index is 6.18. The van der Waals surface area contributed by atoms with E-state index >= 15 is 0 Å². The standard InChI is InChI=1S/C14H22ClNO3/c1-14(2,18-4)5-6-19-13-11(15)7-10(9-16)8-12(13)17-3/h7-8H,5-6,9,16H2,1-4H3. The van der Waals surface area contributed by atoms with E-state index in [2.05, 4.69) is 0 Å². The lowest BCUT2D eigenvalue weighted by atomic mass is 10.1. The van der Waals surface area contributed by atoms with E-state index in [9.17, 15) is 0 Å². The Balaban J connectivity index is 2.78. The van der Waals surface area contributed by atoms with E-state index in [1.807, 2.05) is 19.9 Å². The van der Waals surface area contributed by atoms with E-state index in [1.54, 1.807) is 20.3 Å². The minimum atomic E-state index is -0.225. The summed E-state index contributed by atoms with van der Waals surface area (Å²) in [6.07, 6.45) is 0.752. The SMILES string of the molecule is COc1cc(CN)cc(Cl)c1OCCC(C)(C)OC. The molecule has 2 N–H and O–H groups in total. The van der Waals surface area contributed by atoms with Gasteiger partial charge in [-0.15, -0.1) is 0 Å². The zero-order valence-electron chi connectivity index (χ0n) is 12.0. The van der Waals surface area contributed by atoms with Crippen molar-refractivity contribution < 1.29 is 14.2 Å². The predicted molar refractivity (Wildman–Crippen MR) is 77.1 cm³/mol. The van der Waals surface area contributed by atoms with Crippen LogP contribution in [0.4, 0.5) is 0 Å². The molecule has 0 heterocycles. The maximum absolute atomic E-state index is 6.18. The molecule has 1 rings (SSSR count). The van der Waals surface area contributed by atoms with Gasteiger partial charge in [0.05, 0.1) is 24.3 Å². The van der Waals surface area contributed by atoms with Crippen molar-refractivity contribution in [2.24, 2.45) is 5.73 Å². The van der Waals surface area contributed by atoms with E-state index in [1.165, 1.54) is 0 Å². The van der Waals surface area contributed by atoms with Gasteiger partial charge in [0, 0.05) is 20.1 Å². The molecule has 0 spiro atoms. The lowest BCUT2D eigenvalue weighted by molar-refractivity contribution is 0.00526. The second kappa shape index (κ2) is 6.98. The van der Waals surface area contributed by atoms with Gasteiger partial charge in [-0.25, -0.2) is 0 Å². The Morgan fingerprint density at radius 2 is 1.95 bits per heavy atom. The fourth-order valence-electron chi connectivity index (χ4n) is 1.53. The van der Waals surface area contributed by atoms with Crippen LogP contribution < -0.4 is 15.2 Å². The van der Waals surface area contributed by atoms with E-state index in [-0.39, 0.29) is 5.60 Å². The zero-order chi connectivity index (χ0) is 14.5. The molecule has 0 bridgehead atoms. The van der Waals surface area contributed by atoms with Crippen molar-refractivity contribution in [2.75, 3.05) is 20.8 Å². The molecule has 1 aromatic rings.